The molecule has 0 bridgehead atoms. The Balaban J connectivity index is 0.00000337. The minimum Gasteiger partial charge on any atom is -0.489 e. The van der Waals surface area contributed by atoms with E-state index in [9.17, 15) is 9.59 Å². The van der Waals surface area contributed by atoms with Gasteiger partial charge in [0.2, 0.25) is 0 Å². The molecule has 0 saturated heterocycles. The second kappa shape index (κ2) is 17.3. The second-order valence-corrected chi connectivity index (χ2v) is 11.7. The fourth-order valence-electron chi connectivity index (χ4n) is 5.04. The highest BCUT2D eigenvalue weighted by Crippen LogP contribution is 2.27. The van der Waals surface area contributed by atoms with Crippen LogP contribution in [0.3, 0.4) is 0 Å². The Morgan fingerprint density at radius 1 is 0.750 bits per heavy atom. The van der Waals surface area contributed by atoms with Gasteiger partial charge < -0.3 is 23.3 Å². The Hall–Kier alpha value is -4.10. The monoisotopic (exact) mass is 603 g/mol. The largest absolute Gasteiger partial charge is 0.489 e. The Bertz CT molecular complexity index is 1450. The van der Waals surface area contributed by atoms with E-state index in [0.717, 1.165) is 71.9 Å². The molecule has 4 aromatic rings. The third-order valence-corrected chi connectivity index (χ3v) is 7.12. The maximum atomic E-state index is 12.5. The predicted octanol–water partition coefficient (Wildman–Crippen LogP) is 8.29. The summed E-state index contributed by atoms with van der Waals surface area (Å²) >= 11 is 0. The number of fused-ring (bicyclic) bond motifs is 1. The zero-order chi connectivity index (χ0) is 30.0. The third-order valence-electron chi connectivity index (χ3n) is 7.12. The molecule has 0 atom stereocenters. The van der Waals surface area contributed by atoms with Crippen molar-refractivity contribution in [3.05, 3.63) is 101 Å². The van der Waals surface area contributed by atoms with Crippen LogP contribution in [0.1, 0.15) is 78.9 Å². The van der Waals surface area contributed by atoms with Gasteiger partial charge >= 0.3 is 11.9 Å². The number of nitrogens with zero attached hydrogens (tertiary/aromatic N) is 2. The average molecular weight is 604 g/mol. The van der Waals surface area contributed by atoms with Gasteiger partial charge in [-0.2, -0.15) is 0 Å². The van der Waals surface area contributed by atoms with Crippen molar-refractivity contribution in [1.82, 2.24) is 4.57 Å². The van der Waals surface area contributed by atoms with Crippen molar-refractivity contribution in [2.75, 3.05) is 34.9 Å². The highest BCUT2D eigenvalue weighted by molar-refractivity contribution is 5.96. The number of hydrogen-bond acceptors (Lipinski definition) is 5. The number of unbranched alkanes of at least 4 members (excludes halogenated alkanes) is 4. The van der Waals surface area contributed by atoms with E-state index in [1.54, 1.807) is 0 Å². The van der Waals surface area contributed by atoms with Crippen molar-refractivity contribution in [2.24, 2.45) is 0 Å². The van der Waals surface area contributed by atoms with Gasteiger partial charge in [0.05, 0.1) is 40.4 Å². The van der Waals surface area contributed by atoms with Gasteiger partial charge in [-0.15, -0.1) is 0 Å². The van der Waals surface area contributed by atoms with E-state index < -0.39 is 0 Å². The summed E-state index contributed by atoms with van der Waals surface area (Å²) < 4.78 is 19.4. The van der Waals surface area contributed by atoms with Gasteiger partial charge in [0.15, 0.2) is 0 Å². The number of ether oxygens (including phenoxy) is 3. The lowest BCUT2D eigenvalue weighted by Crippen LogP contribution is -2.33. The molecule has 1 aromatic heterocycles. The second-order valence-electron chi connectivity index (χ2n) is 11.7. The van der Waals surface area contributed by atoms with Crippen LogP contribution in [-0.2, 0) is 29.2 Å². The van der Waals surface area contributed by atoms with Gasteiger partial charge in [-0.3, -0.25) is 0 Å². The smallest absolute Gasteiger partial charge is 0.354 e. The van der Waals surface area contributed by atoms with Crippen molar-refractivity contribution in [3.8, 4) is 5.75 Å². The molecule has 4 rings (SSSR count). The molecule has 238 valence electrons. The first-order valence-electron chi connectivity index (χ1n) is 14.7. The van der Waals surface area contributed by atoms with Crippen LogP contribution in [-0.4, -0.2) is 55.8 Å². The number of hydrogen-bond donors (Lipinski definition) is 0. The zero-order valence-electron chi connectivity index (χ0n) is 25.3. The third kappa shape index (κ3) is 10.6. The molecule has 3 aromatic carbocycles. The summed E-state index contributed by atoms with van der Waals surface area (Å²) in [6.45, 7) is 2.53. The van der Waals surface area contributed by atoms with E-state index >= 15 is 0 Å². The van der Waals surface area contributed by atoms with E-state index in [1.165, 1.54) is 12.7 Å². The first kappa shape index (κ1) is 36.1. The first-order valence-corrected chi connectivity index (χ1v) is 14.7. The quantitative estimate of drug-likeness (QED) is 0.0777. The molecule has 7 nitrogen and oxygen atoms in total. The van der Waals surface area contributed by atoms with Crippen molar-refractivity contribution in [2.45, 2.75) is 66.7 Å². The number of carbonyl (C=O) groups excluding carboxylic acids is 2. The number of benzene rings is 3. The first-order chi connectivity index (χ1) is 20.2. The zero-order valence-corrected chi connectivity index (χ0v) is 25.3. The normalized spacial score (nSPS) is 10.9. The van der Waals surface area contributed by atoms with Gasteiger partial charge in [-0.05, 0) is 54.8 Å². The Morgan fingerprint density at radius 3 is 2.11 bits per heavy atom. The summed E-state index contributed by atoms with van der Waals surface area (Å²) in [6, 6.07) is 25.5. The highest BCUT2D eigenvalue weighted by atomic mass is 16.5. The topological polar surface area (TPSA) is 66.8 Å². The molecule has 1 heterocycles. The molecule has 44 heavy (non-hydrogen) atoms. The van der Waals surface area contributed by atoms with Gasteiger partial charge in [0.25, 0.3) is 0 Å². The fourth-order valence-corrected chi connectivity index (χ4v) is 5.04. The number of methoxy groups -OCH3 is 1. The summed E-state index contributed by atoms with van der Waals surface area (Å²) in [5, 5.41) is 0.950. The van der Waals surface area contributed by atoms with Crippen molar-refractivity contribution < 1.29 is 28.3 Å². The molecule has 7 heteroatoms. The molecule has 0 radical (unpaired) electrons. The minimum atomic E-state index is -0.345. The van der Waals surface area contributed by atoms with Crippen LogP contribution in [0.5, 0.6) is 5.75 Å². The lowest BCUT2D eigenvalue weighted by Gasteiger charge is -2.23. The predicted molar refractivity (Wildman–Crippen MR) is 179 cm³/mol. The number of aromatic nitrogens is 1. The Labute approximate surface area is 263 Å². The summed E-state index contributed by atoms with van der Waals surface area (Å²) in [7, 11) is 7.84. The maximum Gasteiger partial charge on any atom is 0.354 e. The number of esters is 2. The fraction of sp³-hybridized carbons (Fsp3) is 0.405. The lowest BCUT2D eigenvalue weighted by atomic mass is 10.1. The van der Waals surface area contributed by atoms with Crippen molar-refractivity contribution in [3.63, 3.8) is 0 Å². The number of carbonyl (C=O) groups is 2. The summed E-state index contributed by atoms with van der Waals surface area (Å²) in [6.07, 6.45) is 4.78. The van der Waals surface area contributed by atoms with Crippen LogP contribution in [0.25, 0.3) is 10.9 Å². The molecule has 0 unspecified atom stereocenters. The Kier molecular flexibility index (Phi) is 14.2. The van der Waals surface area contributed by atoms with Crippen molar-refractivity contribution in [1.29, 1.82) is 0 Å². The van der Waals surface area contributed by atoms with E-state index in [0.29, 0.717) is 24.5 Å². The molecule has 0 N–H and O–H groups in total. The Morgan fingerprint density at radius 2 is 1.43 bits per heavy atom. The van der Waals surface area contributed by atoms with Crippen LogP contribution >= 0.6 is 0 Å². The highest BCUT2D eigenvalue weighted by Gasteiger charge is 2.17. The molecule has 0 amide bonds. The minimum absolute atomic E-state index is 0. The molecule has 0 saturated carbocycles. The van der Waals surface area contributed by atoms with E-state index in [1.807, 2.05) is 83.4 Å². The summed E-state index contributed by atoms with van der Waals surface area (Å²) in [5.41, 5.74) is 4.42. The number of aryl methyl sites for hydroxylation is 1. The standard InChI is InChI=1S/C35H43N2O5.2CH4/c1-37(2,3)25-27-15-17-29(18-16-27)34(38)41-22-12-7-5-6-11-21-36-32-20-19-31(42-26-28-13-9-8-10-14-28)23-30(32)24-33(36)35(39)40-4;;/h8-10,13-20,23-24H,5-7,11-12,21-22,25-26H2,1-4H3;2*1H4/q+1;;. The lowest BCUT2D eigenvalue weighted by molar-refractivity contribution is -0.884. The summed E-state index contributed by atoms with van der Waals surface area (Å²) in [5.74, 6) is 0.149. The van der Waals surface area contributed by atoms with Crippen molar-refractivity contribution >= 4 is 22.8 Å². The maximum absolute atomic E-state index is 12.5. The molecule has 0 fully saturated rings. The van der Waals surface area contributed by atoms with Gasteiger partial charge in [-0.1, -0.05) is 76.6 Å². The van der Waals surface area contributed by atoms with Crippen LogP contribution in [0.2, 0.25) is 0 Å². The van der Waals surface area contributed by atoms with E-state index in [4.69, 9.17) is 14.2 Å². The molecular weight excluding hydrogens is 552 g/mol. The average Bonchev–Trinajstić information content (AvgIpc) is 3.34. The van der Waals surface area contributed by atoms with E-state index in [-0.39, 0.29) is 26.8 Å². The molecular formula is C37H51N2O5+. The van der Waals surface area contributed by atoms with Gasteiger partial charge in [-0.25, -0.2) is 9.59 Å². The van der Waals surface area contributed by atoms with Gasteiger partial charge in [0, 0.05) is 23.0 Å². The SMILES string of the molecule is C.C.COC(=O)c1cc2cc(OCc3ccccc3)ccc2n1CCCCCCCOC(=O)c1ccc(C[N+](C)(C)C)cc1. The molecule has 0 aliphatic carbocycles. The van der Waals surface area contributed by atoms with Crippen LogP contribution < -0.4 is 4.74 Å². The van der Waals surface area contributed by atoms with Crippen LogP contribution in [0.4, 0.5) is 0 Å². The summed E-state index contributed by atoms with van der Waals surface area (Å²) in [4.78, 5) is 24.9. The molecule has 0 aliphatic rings. The van der Waals surface area contributed by atoms with E-state index in [2.05, 4.69) is 21.1 Å². The molecule has 0 spiro atoms. The van der Waals surface area contributed by atoms with Gasteiger partial charge in [0.1, 0.15) is 24.6 Å². The number of quaternary nitrogens is 1. The van der Waals surface area contributed by atoms with Crippen LogP contribution in [0.15, 0.2) is 78.9 Å². The molecule has 0 aliphatic heterocycles. The number of rotatable bonds is 15. The van der Waals surface area contributed by atoms with Crippen LogP contribution in [0, 0.1) is 0 Å².